The van der Waals surface area contributed by atoms with Crippen molar-refractivity contribution in [2.75, 3.05) is 17.3 Å². The minimum Gasteiger partial charge on any atom is -0.396 e. The summed E-state index contributed by atoms with van der Waals surface area (Å²) in [7, 11) is 0. The largest absolute Gasteiger partial charge is 0.396 e. The summed E-state index contributed by atoms with van der Waals surface area (Å²) in [5.41, 5.74) is 12.6. The minimum absolute atomic E-state index is 0.272. The van der Waals surface area contributed by atoms with E-state index in [9.17, 15) is 0 Å². The molecule has 4 heteroatoms. The zero-order valence-corrected chi connectivity index (χ0v) is 7.10. The molecule has 12 heavy (non-hydrogen) atoms. The number of halogens is 1. The predicted octanol–water partition coefficient (Wildman–Crippen LogP) is 0.836. The Kier molecular flexibility index (Phi) is 2.78. The minimum atomic E-state index is 0.272. The van der Waals surface area contributed by atoms with Crippen molar-refractivity contribution in [1.29, 1.82) is 0 Å². The maximum atomic E-state index is 5.61. The first-order chi connectivity index (χ1) is 5.75. The van der Waals surface area contributed by atoms with Crippen LogP contribution in [0.1, 0.15) is 5.56 Å². The summed E-state index contributed by atoms with van der Waals surface area (Å²) >= 11 is 5.38. The average molecular weight is 182 g/mol. The van der Waals surface area contributed by atoms with Gasteiger partial charge in [-0.15, -0.1) is 11.6 Å². The summed E-state index contributed by atoms with van der Waals surface area (Å²) in [4.78, 5) is 3.85. The van der Waals surface area contributed by atoms with Crippen molar-refractivity contribution < 1.29 is 0 Å². The Morgan fingerprint density at radius 2 is 2.17 bits per heavy atom. The Balaban J connectivity index is 3.08. The molecule has 1 rings (SSSR count). The van der Waals surface area contributed by atoms with Gasteiger partial charge >= 0.3 is 0 Å². The molecule has 0 saturated carbocycles. The Morgan fingerprint density at radius 1 is 1.42 bits per heavy atom. The number of nitrogen functional groups attached to an aromatic ring is 2. The topological polar surface area (TPSA) is 64.9 Å². The predicted molar refractivity (Wildman–Crippen MR) is 50.7 cm³/mol. The second-order valence-electron chi connectivity index (χ2n) is 2.13. The van der Waals surface area contributed by atoms with Gasteiger partial charge in [0.15, 0.2) is 0 Å². The Morgan fingerprint density at radius 3 is 2.83 bits per heavy atom. The molecule has 0 radical (unpaired) electrons. The van der Waals surface area contributed by atoms with Crippen LogP contribution in [-0.2, 0) is 0 Å². The molecule has 0 atom stereocenters. The van der Waals surface area contributed by atoms with Crippen LogP contribution in [0.15, 0.2) is 12.4 Å². The van der Waals surface area contributed by atoms with Gasteiger partial charge in [-0.25, -0.2) is 0 Å². The van der Waals surface area contributed by atoms with Crippen molar-refractivity contribution in [2.45, 2.75) is 0 Å². The molecule has 1 aromatic heterocycles. The lowest BCUT2D eigenvalue weighted by molar-refractivity contribution is 1.32. The van der Waals surface area contributed by atoms with Crippen molar-refractivity contribution >= 4 is 23.0 Å². The van der Waals surface area contributed by atoms with Crippen LogP contribution >= 0.6 is 11.6 Å². The average Bonchev–Trinajstić information content (AvgIpc) is 2.08. The second kappa shape index (κ2) is 3.84. The lowest BCUT2D eigenvalue weighted by atomic mass is 10.2. The van der Waals surface area contributed by atoms with Gasteiger partial charge in [0.25, 0.3) is 0 Å². The third kappa shape index (κ3) is 1.80. The number of anilines is 2. The molecule has 3 nitrogen and oxygen atoms in total. The fraction of sp³-hybridized carbons (Fsp3) is 0.125. The number of hydrogen-bond acceptors (Lipinski definition) is 3. The maximum Gasteiger partial charge on any atom is 0.0839 e. The molecule has 0 amide bonds. The van der Waals surface area contributed by atoms with E-state index in [0.29, 0.717) is 16.9 Å². The first-order valence-corrected chi connectivity index (χ1v) is 3.83. The van der Waals surface area contributed by atoms with Gasteiger partial charge in [0.05, 0.1) is 29.0 Å². The molecule has 0 aliphatic carbocycles. The van der Waals surface area contributed by atoms with E-state index in [1.54, 1.807) is 6.20 Å². The molecule has 1 heterocycles. The zero-order chi connectivity index (χ0) is 8.97. The highest BCUT2D eigenvalue weighted by Crippen LogP contribution is 2.15. The van der Waals surface area contributed by atoms with Gasteiger partial charge in [-0.2, -0.15) is 0 Å². The molecule has 0 fully saturated rings. The molecule has 0 aromatic carbocycles. The lowest BCUT2D eigenvalue weighted by Crippen LogP contribution is -1.98. The summed E-state index contributed by atoms with van der Waals surface area (Å²) in [6, 6.07) is 0. The molecule has 0 unspecified atom stereocenters. The summed E-state index contributed by atoms with van der Waals surface area (Å²) in [6.45, 7) is 0. The van der Waals surface area contributed by atoms with E-state index in [2.05, 4.69) is 16.8 Å². The van der Waals surface area contributed by atoms with Gasteiger partial charge in [0.2, 0.25) is 0 Å². The second-order valence-corrected chi connectivity index (χ2v) is 2.39. The third-order valence-corrected chi connectivity index (χ3v) is 1.44. The van der Waals surface area contributed by atoms with Gasteiger partial charge in [-0.3, -0.25) is 4.98 Å². The zero-order valence-electron chi connectivity index (χ0n) is 6.34. The smallest absolute Gasteiger partial charge is 0.0839 e. The normalized spacial score (nSPS) is 8.75. The van der Waals surface area contributed by atoms with E-state index >= 15 is 0 Å². The van der Waals surface area contributed by atoms with Gasteiger partial charge in [0.1, 0.15) is 0 Å². The number of pyridine rings is 1. The maximum absolute atomic E-state index is 5.61. The van der Waals surface area contributed by atoms with Crippen molar-refractivity contribution in [1.82, 2.24) is 4.98 Å². The first kappa shape index (κ1) is 8.69. The molecular weight excluding hydrogens is 174 g/mol. The van der Waals surface area contributed by atoms with Crippen molar-refractivity contribution in [3.05, 3.63) is 18.0 Å². The third-order valence-electron chi connectivity index (χ3n) is 1.31. The van der Waals surface area contributed by atoms with E-state index in [0.717, 1.165) is 0 Å². The van der Waals surface area contributed by atoms with Gasteiger partial charge < -0.3 is 11.5 Å². The van der Waals surface area contributed by atoms with Crippen LogP contribution in [0.5, 0.6) is 0 Å². The van der Waals surface area contributed by atoms with Crippen LogP contribution in [-0.4, -0.2) is 10.9 Å². The van der Waals surface area contributed by atoms with Gasteiger partial charge in [-0.1, -0.05) is 11.8 Å². The number of alkyl halides is 1. The van der Waals surface area contributed by atoms with Gasteiger partial charge in [-0.05, 0) is 0 Å². The summed E-state index contributed by atoms with van der Waals surface area (Å²) in [5, 5.41) is 0. The highest BCUT2D eigenvalue weighted by molar-refractivity contribution is 6.19. The van der Waals surface area contributed by atoms with Crippen LogP contribution in [0.25, 0.3) is 0 Å². The fourth-order valence-electron chi connectivity index (χ4n) is 0.715. The highest BCUT2D eigenvalue weighted by Gasteiger charge is 1.98. The Bertz CT molecular complexity index is 338. The van der Waals surface area contributed by atoms with Gasteiger partial charge in [0, 0.05) is 6.20 Å². The molecule has 4 N–H and O–H groups in total. The van der Waals surface area contributed by atoms with Crippen LogP contribution in [0, 0.1) is 11.8 Å². The highest BCUT2D eigenvalue weighted by atomic mass is 35.5. The summed E-state index contributed by atoms with van der Waals surface area (Å²) in [5.74, 6) is 5.70. The molecule has 0 aliphatic rings. The monoisotopic (exact) mass is 181 g/mol. The number of aromatic nitrogens is 1. The Labute approximate surface area is 75.7 Å². The fourth-order valence-corrected chi connectivity index (χ4v) is 0.782. The summed E-state index contributed by atoms with van der Waals surface area (Å²) < 4.78 is 0. The van der Waals surface area contributed by atoms with Crippen molar-refractivity contribution in [2.24, 2.45) is 0 Å². The standard InChI is InChI=1S/C8H8ClN3/c9-3-1-2-6-4-12-5-7(10)8(6)11/h4-5H,3,10H2,(H2,11,12). The van der Waals surface area contributed by atoms with Crippen LogP contribution < -0.4 is 11.5 Å². The van der Waals surface area contributed by atoms with Crippen LogP contribution in [0.2, 0.25) is 0 Å². The van der Waals surface area contributed by atoms with Crippen LogP contribution in [0.3, 0.4) is 0 Å². The van der Waals surface area contributed by atoms with E-state index < -0.39 is 0 Å². The molecule has 0 spiro atoms. The number of nitrogens with two attached hydrogens (primary N) is 2. The van der Waals surface area contributed by atoms with Crippen LogP contribution in [0.4, 0.5) is 11.4 Å². The number of rotatable bonds is 0. The van der Waals surface area contributed by atoms with Crippen molar-refractivity contribution in [3.63, 3.8) is 0 Å². The molecule has 0 aliphatic heterocycles. The van der Waals surface area contributed by atoms with E-state index in [-0.39, 0.29) is 5.88 Å². The van der Waals surface area contributed by atoms with E-state index in [4.69, 9.17) is 23.1 Å². The quantitative estimate of drug-likeness (QED) is 0.461. The molecule has 0 bridgehead atoms. The molecular formula is C8H8ClN3. The molecule has 62 valence electrons. The molecule has 1 aromatic rings. The SMILES string of the molecule is Nc1cncc(C#CCCl)c1N. The van der Waals surface area contributed by atoms with E-state index in [1.165, 1.54) is 6.20 Å². The number of nitrogens with zero attached hydrogens (tertiary/aromatic N) is 1. The molecule has 0 saturated heterocycles. The number of hydrogen-bond donors (Lipinski definition) is 2. The summed E-state index contributed by atoms with van der Waals surface area (Å²) in [6.07, 6.45) is 3.05. The van der Waals surface area contributed by atoms with Crippen molar-refractivity contribution in [3.8, 4) is 11.8 Å². The first-order valence-electron chi connectivity index (χ1n) is 3.29. The lowest BCUT2D eigenvalue weighted by Gasteiger charge is -1.99. The Hall–Kier alpha value is -1.40. The van der Waals surface area contributed by atoms with E-state index in [1.807, 2.05) is 0 Å².